The highest BCUT2D eigenvalue weighted by atomic mass is 16.4. The second kappa shape index (κ2) is 5.19. The summed E-state index contributed by atoms with van der Waals surface area (Å²) in [6, 6.07) is 1.34. The first kappa shape index (κ1) is 14.4. The molecule has 2 amide bonds. The van der Waals surface area contributed by atoms with E-state index in [1.807, 2.05) is 26.8 Å². The predicted octanol–water partition coefficient (Wildman–Crippen LogP) is 2.12. The molecule has 0 saturated heterocycles. The van der Waals surface area contributed by atoms with Crippen LogP contribution in [0.4, 0.5) is 4.79 Å². The van der Waals surface area contributed by atoms with E-state index in [0.717, 1.165) is 17.1 Å². The number of nitrogens with one attached hydrogen (secondary N) is 2. The number of aliphatic carboxylic acids is 1. The fourth-order valence-corrected chi connectivity index (χ4v) is 2.27. The Hall–Kier alpha value is -1.98. The minimum atomic E-state index is -0.841. The van der Waals surface area contributed by atoms with Crippen LogP contribution in [0.15, 0.2) is 10.5 Å². The van der Waals surface area contributed by atoms with Crippen LogP contribution in [0.1, 0.15) is 42.9 Å². The Morgan fingerprint density at radius 2 is 2.10 bits per heavy atom. The van der Waals surface area contributed by atoms with Crippen LogP contribution < -0.4 is 10.6 Å². The highest BCUT2D eigenvalue weighted by Gasteiger charge is 2.50. The molecule has 2 rings (SSSR count). The van der Waals surface area contributed by atoms with Crippen molar-refractivity contribution in [3.63, 3.8) is 0 Å². The Labute approximate surface area is 117 Å². The number of carboxylic acids is 1. The summed E-state index contributed by atoms with van der Waals surface area (Å²) in [5.74, 6) is 0.737. The molecule has 0 spiro atoms. The molecule has 1 unspecified atom stereocenters. The van der Waals surface area contributed by atoms with Gasteiger partial charge in [0.25, 0.3) is 0 Å². The van der Waals surface area contributed by atoms with E-state index < -0.39 is 11.4 Å². The standard InChI is InChI=1S/C14H20N2O4/c1-8-6-11(10(3)20-8)9(2)16-13(19)15-7-14(4-5-14)12(17)18/h6,9H,4-5,7H2,1-3H3,(H,17,18)(H2,15,16,19). The molecular weight excluding hydrogens is 260 g/mol. The van der Waals surface area contributed by atoms with E-state index >= 15 is 0 Å². The average molecular weight is 280 g/mol. The SMILES string of the molecule is Cc1cc(C(C)NC(=O)NCC2(C(=O)O)CC2)c(C)o1. The van der Waals surface area contributed by atoms with Gasteiger partial charge in [0.15, 0.2) is 0 Å². The fourth-order valence-electron chi connectivity index (χ4n) is 2.27. The minimum absolute atomic E-state index is 0.171. The molecule has 1 atom stereocenters. The number of carbonyl (C=O) groups excluding carboxylic acids is 1. The van der Waals surface area contributed by atoms with E-state index in [-0.39, 0.29) is 18.6 Å². The quantitative estimate of drug-likeness (QED) is 0.770. The molecule has 20 heavy (non-hydrogen) atoms. The molecule has 0 bridgehead atoms. The molecule has 6 nitrogen and oxygen atoms in total. The third-order valence-electron chi connectivity index (χ3n) is 3.79. The van der Waals surface area contributed by atoms with Gasteiger partial charge in [0.05, 0.1) is 11.5 Å². The zero-order valence-electron chi connectivity index (χ0n) is 11.9. The van der Waals surface area contributed by atoms with E-state index in [2.05, 4.69) is 10.6 Å². The molecule has 3 N–H and O–H groups in total. The Balaban J connectivity index is 1.85. The Bertz CT molecular complexity index is 531. The molecule has 1 aliphatic rings. The topological polar surface area (TPSA) is 91.6 Å². The number of carboxylic acid groups (broad SMARTS) is 1. The van der Waals surface area contributed by atoms with Crippen molar-refractivity contribution in [2.75, 3.05) is 6.54 Å². The number of aryl methyl sites for hydroxylation is 2. The second-order valence-corrected chi connectivity index (χ2v) is 5.50. The van der Waals surface area contributed by atoms with Crippen molar-refractivity contribution >= 4 is 12.0 Å². The molecule has 1 saturated carbocycles. The number of rotatable bonds is 5. The van der Waals surface area contributed by atoms with Crippen LogP contribution in [0, 0.1) is 19.3 Å². The molecule has 0 aliphatic heterocycles. The van der Waals surface area contributed by atoms with Crippen LogP contribution in [0.5, 0.6) is 0 Å². The van der Waals surface area contributed by atoms with E-state index in [9.17, 15) is 9.59 Å². The average Bonchev–Trinajstić information content (AvgIpc) is 3.07. The number of furan rings is 1. The van der Waals surface area contributed by atoms with Gasteiger partial charge in [-0.25, -0.2) is 4.79 Å². The van der Waals surface area contributed by atoms with Crippen molar-refractivity contribution in [2.45, 2.75) is 39.7 Å². The first-order valence-electron chi connectivity index (χ1n) is 6.69. The molecule has 6 heteroatoms. The van der Waals surface area contributed by atoms with Crippen molar-refractivity contribution in [2.24, 2.45) is 5.41 Å². The molecule has 1 aliphatic carbocycles. The Morgan fingerprint density at radius 3 is 2.55 bits per heavy atom. The lowest BCUT2D eigenvalue weighted by Crippen LogP contribution is -2.41. The zero-order chi connectivity index (χ0) is 14.9. The van der Waals surface area contributed by atoms with Crippen LogP contribution in [0.2, 0.25) is 0 Å². The van der Waals surface area contributed by atoms with E-state index in [0.29, 0.717) is 12.8 Å². The molecule has 1 fully saturated rings. The van der Waals surface area contributed by atoms with E-state index in [1.54, 1.807) is 0 Å². The third kappa shape index (κ3) is 2.95. The van der Waals surface area contributed by atoms with Gasteiger partial charge in [0.2, 0.25) is 0 Å². The van der Waals surface area contributed by atoms with Gasteiger partial charge < -0.3 is 20.2 Å². The van der Waals surface area contributed by atoms with E-state index in [1.165, 1.54) is 0 Å². The summed E-state index contributed by atoms with van der Waals surface area (Å²) >= 11 is 0. The summed E-state index contributed by atoms with van der Waals surface area (Å²) in [5.41, 5.74) is 0.180. The highest BCUT2D eigenvalue weighted by molar-refractivity contribution is 5.80. The number of amides is 2. The third-order valence-corrected chi connectivity index (χ3v) is 3.79. The zero-order valence-corrected chi connectivity index (χ0v) is 11.9. The maximum absolute atomic E-state index is 11.8. The summed E-state index contributed by atoms with van der Waals surface area (Å²) in [6.45, 7) is 5.74. The number of urea groups is 1. The fraction of sp³-hybridized carbons (Fsp3) is 0.571. The summed E-state index contributed by atoms with van der Waals surface area (Å²) in [4.78, 5) is 22.8. The molecule has 0 aromatic carbocycles. The largest absolute Gasteiger partial charge is 0.481 e. The van der Waals surface area contributed by atoms with Crippen molar-refractivity contribution in [1.29, 1.82) is 0 Å². The summed E-state index contributed by atoms with van der Waals surface area (Å²) < 4.78 is 5.42. The Kier molecular flexibility index (Phi) is 3.74. The first-order chi connectivity index (χ1) is 9.34. The number of carbonyl (C=O) groups is 2. The molecule has 1 aromatic heterocycles. The minimum Gasteiger partial charge on any atom is -0.481 e. The smallest absolute Gasteiger partial charge is 0.315 e. The van der Waals surface area contributed by atoms with Crippen molar-refractivity contribution in [1.82, 2.24) is 10.6 Å². The molecule has 1 heterocycles. The summed E-state index contributed by atoms with van der Waals surface area (Å²) in [5, 5.41) is 14.5. The van der Waals surface area contributed by atoms with Crippen molar-refractivity contribution < 1.29 is 19.1 Å². The van der Waals surface area contributed by atoms with Crippen LogP contribution in [0.25, 0.3) is 0 Å². The van der Waals surface area contributed by atoms with Crippen LogP contribution >= 0.6 is 0 Å². The molecule has 0 radical (unpaired) electrons. The lowest BCUT2D eigenvalue weighted by atomic mass is 10.1. The van der Waals surface area contributed by atoms with Gasteiger partial charge in [0.1, 0.15) is 11.5 Å². The van der Waals surface area contributed by atoms with Gasteiger partial charge in [0, 0.05) is 12.1 Å². The van der Waals surface area contributed by atoms with Gasteiger partial charge >= 0.3 is 12.0 Å². The number of hydrogen-bond donors (Lipinski definition) is 3. The van der Waals surface area contributed by atoms with Crippen LogP contribution in [-0.2, 0) is 4.79 Å². The molecular formula is C14H20N2O4. The molecule has 1 aromatic rings. The monoisotopic (exact) mass is 280 g/mol. The lowest BCUT2D eigenvalue weighted by Gasteiger charge is -2.16. The van der Waals surface area contributed by atoms with Gasteiger partial charge in [-0.15, -0.1) is 0 Å². The van der Waals surface area contributed by atoms with Crippen molar-refractivity contribution in [3.05, 3.63) is 23.2 Å². The normalized spacial score (nSPS) is 17.4. The maximum Gasteiger partial charge on any atom is 0.315 e. The van der Waals surface area contributed by atoms with Crippen molar-refractivity contribution in [3.8, 4) is 0 Å². The highest BCUT2D eigenvalue weighted by Crippen LogP contribution is 2.45. The van der Waals surface area contributed by atoms with E-state index in [4.69, 9.17) is 9.52 Å². The summed E-state index contributed by atoms with van der Waals surface area (Å²) in [6.07, 6.45) is 1.25. The van der Waals surface area contributed by atoms with Crippen LogP contribution in [-0.4, -0.2) is 23.7 Å². The van der Waals surface area contributed by atoms with Gasteiger partial charge in [-0.3, -0.25) is 4.79 Å². The summed E-state index contributed by atoms with van der Waals surface area (Å²) in [7, 11) is 0. The molecule has 110 valence electrons. The van der Waals surface area contributed by atoms with Crippen LogP contribution in [0.3, 0.4) is 0 Å². The Morgan fingerprint density at radius 1 is 1.45 bits per heavy atom. The lowest BCUT2D eigenvalue weighted by molar-refractivity contribution is -0.143. The maximum atomic E-state index is 11.8. The van der Waals surface area contributed by atoms with Gasteiger partial charge in [-0.2, -0.15) is 0 Å². The first-order valence-corrected chi connectivity index (χ1v) is 6.69. The number of hydrogen-bond acceptors (Lipinski definition) is 3. The van der Waals surface area contributed by atoms with Gasteiger partial charge in [-0.1, -0.05) is 0 Å². The predicted molar refractivity (Wildman–Crippen MR) is 72.4 cm³/mol. The second-order valence-electron chi connectivity index (χ2n) is 5.50. The van der Waals surface area contributed by atoms with Gasteiger partial charge in [-0.05, 0) is 39.7 Å².